The third kappa shape index (κ3) is 3.20. The van der Waals surface area contributed by atoms with Gasteiger partial charge in [-0.1, -0.05) is 24.4 Å². The summed E-state index contributed by atoms with van der Waals surface area (Å²) >= 11 is 6.21. The Morgan fingerprint density at radius 3 is 2.52 bits per heavy atom. The smallest absolute Gasteiger partial charge is 0.219 e. The summed E-state index contributed by atoms with van der Waals surface area (Å²) in [6.07, 6.45) is 7.37. The van der Waals surface area contributed by atoms with Crippen molar-refractivity contribution >= 4 is 27.3 Å². The van der Waals surface area contributed by atoms with Crippen molar-refractivity contribution in [2.45, 2.75) is 82.0 Å². The first-order valence-electron chi connectivity index (χ1n) is 10.2. The van der Waals surface area contributed by atoms with Gasteiger partial charge in [-0.15, -0.1) is 0 Å². The molecule has 27 heavy (non-hydrogen) atoms. The highest BCUT2D eigenvalue weighted by molar-refractivity contribution is 7.90. The minimum Gasteiger partial charge on any atom is -0.367 e. The van der Waals surface area contributed by atoms with Gasteiger partial charge in [0.2, 0.25) is 10.0 Å². The molecule has 0 radical (unpaired) electrons. The maximum Gasteiger partial charge on any atom is 0.219 e. The van der Waals surface area contributed by atoms with Crippen molar-refractivity contribution in [1.82, 2.24) is 4.31 Å². The second-order valence-electron chi connectivity index (χ2n) is 9.51. The standard InChI is InChI=1S/C21H31ClN2O2S/c1-20(2,3)27(25,26)24-15-18(14-21(24)10-4-5-11-21)23-12-6-7-16-13-17(22)8-9-19(16)23/h8-9,13,18H,4-7,10-12,14-15H2,1-3H3. The Labute approximate surface area is 168 Å². The van der Waals surface area contributed by atoms with Gasteiger partial charge in [-0.05, 0) is 76.6 Å². The lowest BCUT2D eigenvalue weighted by Crippen LogP contribution is -2.51. The fourth-order valence-corrected chi connectivity index (χ4v) is 7.33. The molecule has 3 aliphatic rings. The number of halogens is 1. The quantitative estimate of drug-likeness (QED) is 0.714. The Kier molecular flexibility index (Phi) is 4.80. The van der Waals surface area contributed by atoms with Gasteiger partial charge in [0, 0.05) is 35.4 Å². The second-order valence-corrected chi connectivity index (χ2v) is 12.6. The number of fused-ring (bicyclic) bond motifs is 1. The lowest BCUT2D eigenvalue weighted by atomic mass is 9.92. The van der Waals surface area contributed by atoms with Crippen LogP contribution in [-0.2, 0) is 16.4 Å². The third-order valence-corrected chi connectivity index (χ3v) is 9.66. The lowest BCUT2D eigenvalue weighted by Gasteiger charge is -2.38. The molecule has 150 valence electrons. The lowest BCUT2D eigenvalue weighted by molar-refractivity contribution is 0.241. The molecule has 1 saturated carbocycles. The van der Waals surface area contributed by atoms with E-state index in [1.807, 2.05) is 31.1 Å². The highest BCUT2D eigenvalue weighted by Crippen LogP contribution is 2.48. The van der Waals surface area contributed by atoms with Crippen LogP contribution in [0.5, 0.6) is 0 Å². The van der Waals surface area contributed by atoms with Gasteiger partial charge in [0.05, 0.1) is 4.75 Å². The van der Waals surface area contributed by atoms with Crippen LogP contribution in [0.4, 0.5) is 5.69 Å². The van der Waals surface area contributed by atoms with Crippen molar-refractivity contribution in [3.05, 3.63) is 28.8 Å². The molecule has 1 spiro atoms. The van der Waals surface area contributed by atoms with Crippen molar-refractivity contribution in [2.75, 3.05) is 18.0 Å². The summed E-state index contributed by atoms with van der Waals surface area (Å²) in [5.74, 6) is 0. The fourth-order valence-electron chi connectivity index (χ4n) is 5.34. The highest BCUT2D eigenvalue weighted by Gasteiger charge is 2.55. The molecule has 2 fully saturated rings. The van der Waals surface area contributed by atoms with Gasteiger partial charge >= 0.3 is 0 Å². The SMILES string of the molecule is CC(C)(C)S(=O)(=O)N1CC(N2CCCc3cc(Cl)ccc32)CC12CCCC2. The molecule has 4 nitrogen and oxygen atoms in total. The third-order valence-electron chi connectivity index (χ3n) is 6.76. The minimum atomic E-state index is -3.34. The fraction of sp³-hybridized carbons (Fsp3) is 0.714. The molecular weight excluding hydrogens is 380 g/mol. The molecule has 1 aromatic rings. The average molecular weight is 411 g/mol. The Hall–Kier alpha value is -0.780. The number of rotatable bonds is 2. The Bertz CT molecular complexity index is 825. The first kappa shape index (κ1) is 19.5. The van der Waals surface area contributed by atoms with E-state index in [1.165, 1.54) is 11.3 Å². The van der Waals surface area contributed by atoms with Crippen molar-refractivity contribution in [3.63, 3.8) is 0 Å². The van der Waals surface area contributed by atoms with E-state index in [1.54, 1.807) is 0 Å². The number of hydrogen-bond acceptors (Lipinski definition) is 3. The van der Waals surface area contributed by atoms with Gasteiger partial charge in [-0.2, -0.15) is 4.31 Å². The number of anilines is 1. The normalized spacial score (nSPS) is 25.9. The molecule has 6 heteroatoms. The zero-order valence-electron chi connectivity index (χ0n) is 16.7. The van der Waals surface area contributed by atoms with E-state index in [9.17, 15) is 8.42 Å². The van der Waals surface area contributed by atoms with Crippen molar-refractivity contribution in [2.24, 2.45) is 0 Å². The Balaban J connectivity index is 1.70. The predicted molar refractivity (Wildman–Crippen MR) is 112 cm³/mol. The van der Waals surface area contributed by atoms with Crippen LogP contribution in [0, 0.1) is 0 Å². The summed E-state index contributed by atoms with van der Waals surface area (Å²) < 4.78 is 28.0. The van der Waals surface area contributed by atoms with Crippen LogP contribution in [0.2, 0.25) is 5.02 Å². The van der Waals surface area contributed by atoms with Gasteiger partial charge in [0.1, 0.15) is 0 Å². The number of hydrogen-bond donors (Lipinski definition) is 0. The van der Waals surface area contributed by atoms with Crippen molar-refractivity contribution in [1.29, 1.82) is 0 Å². The molecule has 1 aromatic carbocycles. The summed E-state index contributed by atoms with van der Waals surface area (Å²) in [6.45, 7) is 7.10. The van der Waals surface area contributed by atoms with Gasteiger partial charge in [-0.3, -0.25) is 0 Å². The first-order valence-corrected chi connectivity index (χ1v) is 12.0. The molecule has 1 unspecified atom stereocenters. The van der Waals surface area contributed by atoms with Crippen LogP contribution in [0.15, 0.2) is 18.2 Å². The maximum absolute atomic E-state index is 13.4. The molecule has 0 N–H and O–H groups in total. The van der Waals surface area contributed by atoms with Crippen molar-refractivity contribution < 1.29 is 8.42 Å². The van der Waals surface area contributed by atoms with E-state index in [-0.39, 0.29) is 11.6 Å². The minimum absolute atomic E-state index is 0.180. The van der Waals surface area contributed by atoms with E-state index in [4.69, 9.17) is 11.6 Å². The van der Waals surface area contributed by atoms with E-state index in [0.29, 0.717) is 6.54 Å². The molecule has 1 saturated heterocycles. The molecule has 0 aromatic heterocycles. The van der Waals surface area contributed by atoms with E-state index in [0.717, 1.165) is 56.5 Å². The molecule has 1 atom stereocenters. The summed E-state index contributed by atoms with van der Waals surface area (Å²) in [5, 5.41) is 0.784. The number of sulfonamides is 1. The number of nitrogens with zero attached hydrogens (tertiary/aromatic N) is 2. The second kappa shape index (κ2) is 6.64. The van der Waals surface area contributed by atoms with Gasteiger partial charge in [0.15, 0.2) is 0 Å². The topological polar surface area (TPSA) is 40.6 Å². The molecule has 2 aliphatic heterocycles. The van der Waals surface area contributed by atoms with Gasteiger partial charge < -0.3 is 4.90 Å². The van der Waals surface area contributed by atoms with Crippen LogP contribution >= 0.6 is 11.6 Å². The molecule has 1 aliphatic carbocycles. The maximum atomic E-state index is 13.4. The monoisotopic (exact) mass is 410 g/mol. The van der Waals surface area contributed by atoms with E-state index < -0.39 is 14.8 Å². The first-order chi connectivity index (χ1) is 12.6. The molecule has 4 rings (SSSR count). The van der Waals surface area contributed by atoms with E-state index >= 15 is 0 Å². The number of aryl methyl sites for hydroxylation is 1. The Morgan fingerprint density at radius 1 is 1.15 bits per heavy atom. The van der Waals surface area contributed by atoms with Crippen LogP contribution in [0.25, 0.3) is 0 Å². The summed E-state index contributed by atoms with van der Waals surface area (Å²) in [6, 6.07) is 6.41. The zero-order chi connectivity index (χ0) is 19.4. The summed E-state index contributed by atoms with van der Waals surface area (Å²) in [7, 11) is -3.34. The summed E-state index contributed by atoms with van der Waals surface area (Å²) in [5.41, 5.74) is 2.37. The van der Waals surface area contributed by atoms with Crippen LogP contribution < -0.4 is 4.90 Å². The van der Waals surface area contributed by atoms with Crippen LogP contribution in [-0.4, -0.2) is 42.1 Å². The largest absolute Gasteiger partial charge is 0.367 e. The predicted octanol–water partition coefficient (Wildman–Crippen LogP) is 4.61. The molecular formula is C21H31ClN2O2S. The van der Waals surface area contributed by atoms with Crippen LogP contribution in [0.1, 0.15) is 64.9 Å². The zero-order valence-corrected chi connectivity index (χ0v) is 18.2. The summed E-state index contributed by atoms with van der Waals surface area (Å²) in [4.78, 5) is 2.47. The molecule has 0 bridgehead atoms. The molecule has 2 heterocycles. The van der Waals surface area contributed by atoms with Gasteiger partial charge in [-0.25, -0.2) is 8.42 Å². The van der Waals surface area contributed by atoms with Crippen LogP contribution in [0.3, 0.4) is 0 Å². The highest BCUT2D eigenvalue weighted by atomic mass is 35.5. The number of benzene rings is 1. The average Bonchev–Trinajstić information content (AvgIpc) is 3.21. The van der Waals surface area contributed by atoms with Crippen molar-refractivity contribution in [3.8, 4) is 0 Å². The Morgan fingerprint density at radius 2 is 1.85 bits per heavy atom. The van der Waals surface area contributed by atoms with Gasteiger partial charge in [0.25, 0.3) is 0 Å². The van der Waals surface area contributed by atoms with E-state index in [2.05, 4.69) is 17.0 Å². The molecule has 0 amide bonds.